The molecule has 36 atom stereocenters. The van der Waals surface area contributed by atoms with Gasteiger partial charge in [-0.1, -0.05) is 132 Å². The lowest BCUT2D eigenvalue weighted by Crippen LogP contribution is -2.60. The van der Waals surface area contributed by atoms with E-state index in [1.165, 1.54) is 0 Å². The summed E-state index contributed by atoms with van der Waals surface area (Å²) >= 11 is 0. The second kappa shape index (κ2) is 26.5. The maximum atomic E-state index is 7.19. The van der Waals surface area contributed by atoms with Gasteiger partial charge < -0.3 is 75.8 Å². The van der Waals surface area contributed by atoms with E-state index in [1.54, 1.807) is 0 Å². The van der Waals surface area contributed by atoms with Gasteiger partial charge in [-0.15, -0.1) is 0 Å². The molecule has 9 aliphatic rings. The van der Waals surface area contributed by atoms with Crippen LogP contribution >= 0.6 is 0 Å². The van der Waals surface area contributed by atoms with Gasteiger partial charge in [0.15, 0.2) is 50.3 Å². The Labute approximate surface area is 476 Å². The molecule has 0 aliphatic carbocycles. The fraction of sp³-hybridized carbons (Fsp3) is 1.00. The molecule has 9 fully saturated rings. The quantitative estimate of drug-likeness (QED) is 0.136. The summed E-state index contributed by atoms with van der Waals surface area (Å²) in [5.41, 5.74) is 0. The lowest BCUT2D eigenvalue weighted by atomic mass is 9.80. The molecule has 9 aliphatic heterocycles. The molecule has 9 saturated heterocycles. The van der Waals surface area contributed by atoms with Gasteiger partial charge in [0.1, 0.15) is 12.2 Å². The average Bonchev–Trinajstić information content (AvgIpc) is 3.98. The van der Waals surface area contributed by atoms with Crippen LogP contribution in [0.15, 0.2) is 0 Å². The predicted octanol–water partition coefficient (Wildman–Crippen LogP) is 11.1. The van der Waals surface area contributed by atoms with Crippen molar-refractivity contribution >= 4 is 0 Å². The zero-order valence-electron chi connectivity index (χ0n) is 52.3. The summed E-state index contributed by atoms with van der Waals surface area (Å²) in [4.78, 5) is 0. The van der Waals surface area contributed by atoms with E-state index >= 15 is 0 Å². The van der Waals surface area contributed by atoms with Gasteiger partial charge in [-0.2, -0.15) is 0 Å². The Kier molecular flexibility index (Phi) is 21.1. The van der Waals surface area contributed by atoms with Crippen molar-refractivity contribution in [3.8, 4) is 0 Å². The third kappa shape index (κ3) is 12.5. The van der Waals surface area contributed by atoms with Crippen LogP contribution in [0.25, 0.3) is 0 Å². The lowest BCUT2D eigenvalue weighted by molar-refractivity contribution is -0.374. The van der Waals surface area contributed by atoms with Crippen molar-refractivity contribution in [1.82, 2.24) is 0 Å². The van der Waals surface area contributed by atoms with Crippen molar-refractivity contribution in [2.24, 2.45) is 82.9 Å². The maximum absolute atomic E-state index is 7.19. The van der Waals surface area contributed by atoms with Gasteiger partial charge in [-0.05, 0) is 80.5 Å². The topological polar surface area (TPSA) is 148 Å². The van der Waals surface area contributed by atoms with Crippen LogP contribution in [-0.2, 0) is 75.8 Å². The van der Waals surface area contributed by atoms with Gasteiger partial charge in [0.2, 0.25) is 0 Å². The monoisotopic (exact) mass is 1120 g/mol. The maximum Gasteiger partial charge on any atom is 0.161 e. The van der Waals surface area contributed by atoms with Crippen molar-refractivity contribution in [1.29, 1.82) is 0 Å². The number of fused-ring (bicyclic) bond motifs is 3. The van der Waals surface area contributed by atoms with E-state index in [9.17, 15) is 0 Å². The zero-order chi connectivity index (χ0) is 57.0. The summed E-state index contributed by atoms with van der Waals surface area (Å²) < 4.78 is 108. The normalized spacial score (nSPS) is 55.3. The van der Waals surface area contributed by atoms with Crippen molar-refractivity contribution in [2.75, 3.05) is 13.2 Å². The summed E-state index contributed by atoms with van der Waals surface area (Å²) in [6.45, 7) is 45.4. The Bertz CT molecular complexity index is 1890. The Morgan fingerprint density at radius 1 is 0.266 bits per heavy atom. The fourth-order valence-corrected chi connectivity index (χ4v) is 14.9. The molecule has 0 saturated carbocycles. The third-order valence-electron chi connectivity index (χ3n) is 22.2. The molecule has 0 N–H and O–H groups in total. The summed E-state index contributed by atoms with van der Waals surface area (Å²) in [6.07, 6.45) is -0.830. The highest BCUT2D eigenvalue weighted by molar-refractivity contribution is 4.97. The Morgan fingerprint density at radius 3 is 0.873 bits per heavy atom. The first-order valence-corrected chi connectivity index (χ1v) is 32.0. The minimum Gasteiger partial charge on any atom is -0.350 e. The van der Waals surface area contributed by atoms with Gasteiger partial charge in [-0.3, -0.25) is 0 Å². The van der Waals surface area contributed by atoms with E-state index < -0.39 is 25.2 Å². The molecule has 0 aromatic rings. The second-order valence-corrected chi connectivity index (χ2v) is 26.8. The Hall–Kier alpha value is -0.640. The smallest absolute Gasteiger partial charge is 0.161 e. The van der Waals surface area contributed by atoms with Crippen LogP contribution in [0.2, 0.25) is 0 Å². The fourth-order valence-electron chi connectivity index (χ4n) is 14.9. The molecule has 16 nitrogen and oxygen atoms in total. The highest BCUT2D eigenvalue weighted by atomic mass is 16.8. The third-order valence-corrected chi connectivity index (χ3v) is 22.2. The average molecular weight is 1120 g/mol. The molecular formula is C63H110O16. The molecule has 15 unspecified atom stereocenters. The van der Waals surface area contributed by atoms with Crippen molar-refractivity contribution < 1.29 is 75.8 Å². The minimum atomic E-state index is -0.425. The van der Waals surface area contributed by atoms with Crippen LogP contribution in [0.4, 0.5) is 0 Å². The van der Waals surface area contributed by atoms with Crippen LogP contribution in [0.1, 0.15) is 171 Å². The van der Waals surface area contributed by atoms with Crippen LogP contribution in [0, 0.1) is 82.9 Å². The van der Waals surface area contributed by atoms with E-state index in [0.29, 0.717) is 19.1 Å². The standard InChI is InChI=1S/C63H110O16/c1-21-43-50(74-59-37(15)30(8)52(45(23-3)68-59)76-61-39(17)32(10)54(47(25-5)70-61)78-63-41(19)34(12)55-48(73-63)26-64-42(20)66-55)29(7)36(14)58(67-43)75-51-31(9)38(16)60(69-44(51)22-2)77-53-33(11)40(18)62(71-46(53)24-4)79-56-28(6)35(13)57-65-27-49(56)72-57/h28-63H,21-27H2,1-20H3/t28?,29?,30?,31?,32?,33?,34-,35?,36?,37?,38+,39+,40+,41?,42?,43+,44?,45+,46?,47?,48?,49+,50+,51+,52+,53+,54+,55+,56+,57-,58+,59-,60+,61+,62+,63+/m1/s1. The summed E-state index contributed by atoms with van der Waals surface area (Å²) in [5, 5.41) is 0. The number of hydrogen-bond acceptors (Lipinski definition) is 16. The Balaban J connectivity index is 0.786. The van der Waals surface area contributed by atoms with Crippen LogP contribution in [0.3, 0.4) is 0 Å². The first kappa shape index (κ1) is 62.9. The molecule has 0 aromatic carbocycles. The van der Waals surface area contributed by atoms with Crippen molar-refractivity contribution in [3.05, 3.63) is 0 Å². The molecule has 16 heteroatoms. The van der Waals surface area contributed by atoms with Gasteiger partial charge in [0.25, 0.3) is 0 Å². The van der Waals surface area contributed by atoms with E-state index in [0.717, 1.165) is 32.1 Å². The largest absolute Gasteiger partial charge is 0.350 e. The van der Waals surface area contributed by atoms with Crippen molar-refractivity contribution in [3.63, 3.8) is 0 Å². The van der Waals surface area contributed by atoms with E-state index in [-0.39, 0.29) is 188 Å². The molecule has 9 heterocycles. The first-order valence-electron chi connectivity index (χ1n) is 32.0. The van der Waals surface area contributed by atoms with E-state index in [1.807, 2.05) is 6.92 Å². The van der Waals surface area contributed by atoms with Gasteiger partial charge in [0, 0.05) is 41.4 Å². The minimum absolute atomic E-state index is 0.00912. The molecule has 0 aromatic heterocycles. The molecule has 0 radical (unpaired) electrons. The zero-order valence-corrected chi connectivity index (χ0v) is 52.3. The summed E-state index contributed by atoms with van der Waals surface area (Å²) in [7, 11) is 0. The second-order valence-electron chi connectivity index (χ2n) is 26.8. The molecule has 0 spiro atoms. The van der Waals surface area contributed by atoms with Gasteiger partial charge in [0.05, 0.1) is 86.5 Å². The Morgan fingerprint density at radius 2 is 0.544 bits per heavy atom. The first-order chi connectivity index (χ1) is 37.6. The molecule has 2 bridgehead atoms. The van der Waals surface area contributed by atoms with Crippen molar-refractivity contribution in [2.45, 2.75) is 306 Å². The van der Waals surface area contributed by atoms with E-state index in [2.05, 4.69) is 132 Å². The van der Waals surface area contributed by atoms with Gasteiger partial charge in [-0.25, -0.2) is 0 Å². The summed E-state index contributed by atoms with van der Waals surface area (Å²) in [6, 6.07) is 0. The highest BCUT2D eigenvalue weighted by Gasteiger charge is 2.56. The molecule has 79 heavy (non-hydrogen) atoms. The SMILES string of the molecule is CCC1O[C@@H](O[C@@H]2C(CC)O[C@@H](O[C@H]3C(C)C(C)[C@@H]4OC[C@@H]3O4)[C@@H](C)C2C)[C@@H](C)C(C)[C@@H]1O[C@@H]1O[C@@H](CC)[C@@H](O[C@H]2O[C@@H](CC)[C@@H](O[C@@H]3OC(CC)[C@@H](O[C@@H]4OC5COC(C)O[C@H]5[C@H](C)C4C)C(C)[C@@H]3C)C(C)C2C)C(C)C1C. The van der Waals surface area contributed by atoms with E-state index in [4.69, 9.17) is 75.8 Å². The van der Waals surface area contributed by atoms with Crippen LogP contribution < -0.4 is 0 Å². The highest BCUT2D eigenvalue weighted by Crippen LogP contribution is 2.48. The molecular weight excluding hydrogens is 1010 g/mol. The number of hydrogen-bond donors (Lipinski definition) is 0. The number of rotatable bonds is 17. The predicted molar refractivity (Wildman–Crippen MR) is 296 cm³/mol. The lowest BCUT2D eigenvalue weighted by Gasteiger charge is -2.53. The number of ether oxygens (including phenoxy) is 16. The molecule has 0 amide bonds. The molecule has 458 valence electrons. The van der Waals surface area contributed by atoms with Crippen LogP contribution in [-0.4, -0.2) is 149 Å². The summed E-state index contributed by atoms with van der Waals surface area (Å²) in [5.74, 6) is 2.02. The molecule has 9 rings (SSSR count). The van der Waals surface area contributed by atoms with Gasteiger partial charge >= 0.3 is 0 Å². The van der Waals surface area contributed by atoms with Crippen LogP contribution in [0.5, 0.6) is 0 Å².